The molecular formula is C15H15FN2O. The van der Waals surface area contributed by atoms with Crippen LogP contribution >= 0.6 is 0 Å². The van der Waals surface area contributed by atoms with Crippen molar-refractivity contribution in [2.24, 2.45) is 0 Å². The maximum absolute atomic E-state index is 13.2. The van der Waals surface area contributed by atoms with Crippen LogP contribution in [0, 0.1) is 5.82 Å². The summed E-state index contributed by atoms with van der Waals surface area (Å²) < 4.78 is 13.2. The molecule has 0 saturated carbocycles. The maximum Gasteiger partial charge on any atom is 0.255 e. The molecule has 3 rings (SSSR count). The Morgan fingerprint density at radius 3 is 3.00 bits per heavy atom. The van der Waals surface area contributed by atoms with E-state index in [1.165, 1.54) is 12.1 Å². The highest BCUT2D eigenvalue weighted by molar-refractivity contribution is 5.97. The summed E-state index contributed by atoms with van der Waals surface area (Å²) in [5.41, 5.74) is 1.24. The Kier molecular flexibility index (Phi) is 2.93. The Balaban J connectivity index is 1.98. The molecule has 98 valence electrons. The van der Waals surface area contributed by atoms with Gasteiger partial charge in [0, 0.05) is 24.2 Å². The molecule has 0 spiro atoms. The number of carbonyl (C=O) groups excluding carboxylic acids is 1. The molecule has 4 heteroatoms. The second kappa shape index (κ2) is 4.61. The zero-order chi connectivity index (χ0) is 13.4. The third-order valence-electron chi connectivity index (χ3n) is 3.70. The predicted octanol–water partition coefficient (Wildman–Crippen LogP) is 3.00. The van der Waals surface area contributed by atoms with Gasteiger partial charge in [0.1, 0.15) is 5.82 Å². The number of benzene rings is 1. The molecule has 0 aliphatic carbocycles. The van der Waals surface area contributed by atoms with Gasteiger partial charge in [-0.3, -0.25) is 9.78 Å². The van der Waals surface area contributed by atoms with E-state index in [0.717, 1.165) is 19.4 Å². The number of hydrogen-bond donors (Lipinski definition) is 0. The van der Waals surface area contributed by atoms with Gasteiger partial charge in [0.15, 0.2) is 0 Å². The predicted molar refractivity (Wildman–Crippen MR) is 71.4 cm³/mol. The van der Waals surface area contributed by atoms with E-state index in [4.69, 9.17) is 0 Å². The fourth-order valence-corrected chi connectivity index (χ4v) is 2.62. The van der Waals surface area contributed by atoms with E-state index in [9.17, 15) is 9.18 Å². The summed E-state index contributed by atoms with van der Waals surface area (Å²) in [5.74, 6) is -0.322. The first-order chi connectivity index (χ1) is 9.15. The van der Waals surface area contributed by atoms with Crippen LogP contribution in [0.3, 0.4) is 0 Å². The second-order valence-electron chi connectivity index (χ2n) is 5.05. The van der Waals surface area contributed by atoms with Gasteiger partial charge in [0.25, 0.3) is 5.91 Å². The minimum absolute atomic E-state index is 0.0105. The van der Waals surface area contributed by atoms with Gasteiger partial charge in [0.2, 0.25) is 0 Å². The Hall–Kier alpha value is -1.97. The van der Waals surface area contributed by atoms with E-state index in [-0.39, 0.29) is 17.8 Å². The molecule has 0 radical (unpaired) electrons. The minimum atomic E-state index is -0.312. The summed E-state index contributed by atoms with van der Waals surface area (Å²) in [6.45, 7) is 2.85. The lowest BCUT2D eigenvalue weighted by Crippen LogP contribution is -2.33. The zero-order valence-electron chi connectivity index (χ0n) is 10.8. The van der Waals surface area contributed by atoms with Crippen molar-refractivity contribution in [3.05, 3.63) is 41.8 Å². The highest BCUT2D eigenvalue weighted by atomic mass is 19.1. The van der Waals surface area contributed by atoms with Crippen molar-refractivity contribution in [2.75, 3.05) is 6.54 Å². The molecule has 1 aliphatic rings. The van der Waals surface area contributed by atoms with Gasteiger partial charge in [0.05, 0.1) is 11.1 Å². The van der Waals surface area contributed by atoms with Crippen molar-refractivity contribution >= 4 is 16.8 Å². The van der Waals surface area contributed by atoms with Gasteiger partial charge in [-0.1, -0.05) is 0 Å². The molecule has 0 N–H and O–H groups in total. The average molecular weight is 258 g/mol. The summed E-state index contributed by atoms with van der Waals surface area (Å²) in [6.07, 6.45) is 3.66. The van der Waals surface area contributed by atoms with Gasteiger partial charge in [-0.2, -0.15) is 0 Å². The molecule has 1 atom stereocenters. The SMILES string of the molecule is CC1CCCN1C(=O)c1cnc2ccc(F)cc2c1. The number of hydrogen-bond acceptors (Lipinski definition) is 2. The van der Waals surface area contributed by atoms with Crippen molar-refractivity contribution in [2.45, 2.75) is 25.8 Å². The number of nitrogens with zero attached hydrogens (tertiary/aromatic N) is 2. The van der Waals surface area contributed by atoms with Crippen LogP contribution in [0.2, 0.25) is 0 Å². The zero-order valence-corrected chi connectivity index (χ0v) is 10.8. The largest absolute Gasteiger partial charge is 0.336 e. The fraction of sp³-hybridized carbons (Fsp3) is 0.333. The molecule has 1 fully saturated rings. The Labute approximate surface area is 111 Å². The summed E-state index contributed by atoms with van der Waals surface area (Å²) in [7, 11) is 0. The molecule has 19 heavy (non-hydrogen) atoms. The first-order valence-electron chi connectivity index (χ1n) is 6.51. The van der Waals surface area contributed by atoms with Gasteiger partial charge in [-0.15, -0.1) is 0 Å². The van der Waals surface area contributed by atoms with Crippen LogP contribution in [-0.2, 0) is 0 Å². The Bertz CT molecular complexity index is 641. The fourth-order valence-electron chi connectivity index (χ4n) is 2.62. The quantitative estimate of drug-likeness (QED) is 0.787. The number of rotatable bonds is 1. The lowest BCUT2D eigenvalue weighted by molar-refractivity contribution is 0.0747. The Morgan fingerprint density at radius 2 is 2.26 bits per heavy atom. The molecule has 3 nitrogen and oxygen atoms in total. The van der Waals surface area contributed by atoms with E-state index >= 15 is 0 Å². The smallest absolute Gasteiger partial charge is 0.255 e. The minimum Gasteiger partial charge on any atom is -0.336 e. The van der Waals surface area contributed by atoms with Crippen molar-refractivity contribution in [3.63, 3.8) is 0 Å². The van der Waals surface area contributed by atoms with Gasteiger partial charge < -0.3 is 4.90 Å². The van der Waals surface area contributed by atoms with Crippen molar-refractivity contribution in [1.82, 2.24) is 9.88 Å². The Morgan fingerprint density at radius 1 is 1.42 bits per heavy atom. The topological polar surface area (TPSA) is 33.2 Å². The number of pyridine rings is 1. The second-order valence-corrected chi connectivity index (χ2v) is 5.05. The third-order valence-corrected chi connectivity index (χ3v) is 3.70. The van der Waals surface area contributed by atoms with Crippen LogP contribution in [0.1, 0.15) is 30.1 Å². The van der Waals surface area contributed by atoms with Gasteiger partial charge in [-0.05, 0) is 44.0 Å². The van der Waals surface area contributed by atoms with Crippen LogP contribution in [0.4, 0.5) is 4.39 Å². The first kappa shape index (κ1) is 12.1. The van der Waals surface area contributed by atoms with Gasteiger partial charge in [-0.25, -0.2) is 4.39 Å². The summed E-state index contributed by atoms with van der Waals surface area (Å²) in [4.78, 5) is 18.5. The number of carbonyl (C=O) groups is 1. The number of halogens is 1. The molecule has 0 bridgehead atoms. The molecule has 1 unspecified atom stereocenters. The monoisotopic (exact) mass is 258 g/mol. The maximum atomic E-state index is 13.2. The molecule has 1 saturated heterocycles. The van der Waals surface area contributed by atoms with Crippen molar-refractivity contribution in [1.29, 1.82) is 0 Å². The summed E-state index contributed by atoms with van der Waals surface area (Å²) in [5, 5.41) is 0.665. The van der Waals surface area contributed by atoms with Crippen LogP contribution in [-0.4, -0.2) is 28.4 Å². The van der Waals surface area contributed by atoms with E-state index in [2.05, 4.69) is 11.9 Å². The van der Waals surface area contributed by atoms with Crippen LogP contribution < -0.4 is 0 Å². The lowest BCUT2D eigenvalue weighted by Gasteiger charge is -2.21. The summed E-state index contributed by atoms with van der Waals surface area (Å²) >= 11 is 0. The number of amides is 1. The van der Waals surface area contributed by atoms with Crippen LogP contribution in [0.25, 0.3) is 10.9 Å². The third kappa shape index (κ3) is 2.18. The van der Waals surface area contributed by atoms with Crippen molar-refractivity contribution < 1.29 is 9.18 Å². The molecule has 1 aromatic heterocycles. The molecule has 2 heterocycles. The highest BCUT2D eigenvalue weighted by Gasteiger charge is 2.26. The summed E-state index contributed by atoms with van der Waals surface area (Å²) in [6, 6.07) is 6.40. The average Bonchev–Trinajstić information content (AvgIpc) is 2.83. The molecular weight excluding hydrogens is 243 g/mol. The lowest BCUT2D eigenvalue weighted by atomic mass is 10.1. The van der Waals surface area contributed by atoms with Crippen LogP contribution in [0.5, 0.6) is 0 Å². The number of fused-ring (bicyclic) bond motifs is 1. The van der Waals surface area contributed by atoms with Crippen LogP contribution in [0.15, 0.2) is 30.5 Å². The van der Waals surface area contributed by atoms with E-state index in [1.54, 1.807) is 18.3 Å². The molecule has 2 aromatic rings. The number of likely N-dealkylation sites (tertiary alicyclic amines) is 1. The molecule has 1 amide bonds. The van der Waals surface area contributed by atoms with E-state index in [0.29, 0.717) is 16.5 Å². The molecule has 1 aliphatic heterocycles. The van der Waals surface area contributed by atoms with E-state index < -0.39 is 0 Å². The van der Waals surface area contributed by atoms with Crippen molar-refractivity contribution in [3.8, 4) is 0 Å². The normalized spacial score (nSPS) is 19.1. The molecule has 1 aromatic carbocycles. The number of aromatic nitrogens is 1. The highest BCUT2D eigenvalue weighted by Crippen LogP contribution is 2.21. The van der Waals surface area contributed by atoms with Gasteiger partial charge >= 0.3 is 0 Å². The van der Waals surface area contributed by atoms with E-state index in [1.807, 2.05) is 4.90 Å². The standard InChI is InChI=1S/C15H15FN2O/c1-10-3-2-6-18(10)15(19)12-7-11-8-13(16)4-5-14(11)17-9-12/h4-5,7-10H,2-3,6H2,1H3. The first-order valence-corrected chi connectivity index (χ1v) is 6.51.